The zero-order valence-electron chi connectivity index (χ0n) is 11.5. The Morgan fingerprint density at radius 3 is 2.61 bits per heavy atom. The zero-order chi connectivity index (χ0) is 13.1. The molecule has 1 nitrogen and oxygen atoms in total. The molecule has 2 rings (SSSR count). The third kappa shape index (κ3) is 2.99. The van der Waals surface area contributed by atoms with Gasteiger partial charge in [0, 0.05) is 19.1 Å². The first-order valence-corrected chi connectivity index (χ1v) is 6.73. The zero-order valence-corrected chi connectivity index (χ0v) is 11.5. The summed E-state index contributed by atoms with van der Waals surface area (Å²) in [4.78, 5) is 2.48. The van der Waals surface area contributed by atoms with Crippen molar-refractivity contribution in [3.8, 4) is 0 Å². The summed E-state index contributed by atoms with van der Waals surface area (Å²) in [5, 5.41) is 0. The Labute approximate surface area is 109 Å². The van der Waals surface area contributed by atoms with Crippen molar-refractivity contribution in [2.24, 2.45) is 5.92 Å². The summed E-state index contributed by atoms with van der Waals surface area (Å²) in [7, 11) is 0. The molecular formula is C16H22FN. The molecule has 1 aromatic carbocycles. The molecule has 0 radical (unpaired) electrons. The maximum Gasteiger partial charge on any atom is 0.123 e. The van der Waals surface area contributed by atoms with Gasteiger partial charge in [-0.2, -0.15) is 0 Å². The molecule has 1 heterocycles. The second kappa shape index (κ2) is 5.66. The number of piperidine rings is 1. The molecule has 0 unspecified atom stereocenters. The third-order valence-corrected chi connectivity index (χ3v) is 3.87. The summed E-state index contributed by atoms with van der Waals surface area (Å²) in [6.45, 7) is 8.79. The van der Waals surface area contributed by atoms with Crippen molar-refractivity contribution in [1.82, 2.24) is 4.90 Å². The lowest BCUT2D eigenvalue weighted by molar-refractivity contribution is 0.170. The van der Waals surface area contributed by atoms with Crippen LogP contribution < -0.4 is 0 Å². The number of allylic oxidation sites excluding steroid dienone is 1. The number of rotatable bonds is 2. The number of hydrogen-bond acceptors (Lipinski definition) is 1. The molecular weight excluding hydrogens is 225 g/mol. The van der Waals surface area contributed by atoms with E-state index in [9.17, 15) is 4.39 Å². The van der Waals surface area contributed by atoms with E-state index in [2.05, 4.69) is 31.7 Å². The van der Waals surface area contributed by atoms with E-state index in [1.165, 1.54) is 17.6 Å². The summed E-state index contributed by atoms with van der Waals surface area (Å²) in [6, 6.07) is 7.25. The largest absolute Gasteiger partial charge is 0.292 e. The Balaban J connectivity index is 2.12. The van der Waals surface area contributed by atoms with Gasteiger partial charge in [-0.25, -0.2) is 4.39 Å². The minimum absolute atomic E-state index is 0.160. The van der Waals surface area contributed by atoms with Crippen LogP contribution in [0.2, 0.25) is 0 Å². The fourth-order valence-electron chi connectivity index (χ4n) is 2.76. The van der Waals surface area contributed by atoms with Crippen molar-refractivity contribution < 1.29 is 4.39 Å². The molecule has 1 aliphatic heterocycles. The molecule has 1 fully saturated rings. The van der Waals surface area contributed by atoms with E-state index in [0.29, 0.717) is 12.0 Å². The summed E-state index contributed by atoms with van der Waals surface area (Å²) < 4.78 is 12.9. The Kier molecular flexibility index (Phi) is 4.18. The third-order valence-electron chi connectivity index (χ3n) is 3.87. The topological polar surface area (TPSA) is 3.24 Å². The van der Waals surface area contributed by atoms with Gasteiger partial charge in [0.2, 0.25) is 0 Å². The highest BCUT2D eigenvalue weighted by Crippen LogP contribution is 2.28. The number of likely N-dealkylation sites (tertiary alicyclic amines) is 1. The lowest BCUT2D eigenvalue weighted by atomic mass is 9.93. The van der Waals surface area contributed by atoms with Crippen LogP contribution in [0.25, 0.3) is 0 Å². The van der Waals surface area contributed by atoms with Crippen molar-refractivity contribution in [3.05, 3.63) is 47.3 Å². The van der Waals surface area contributed by atoms with Crippen LogP contribution in [0.15, 0.2) is 35.9 Å². The van der Waals surface area contributed by atoms with Gasteiger partial charge < -0.3 is 0 Å². The molecule has 18 heavy (non-hydrogen) atoms. The quantitative estimate of drug-likeness (QED) is 0.709. The second-order valence-electron chi connectivity index (χ2n) is 5.41. The second-order valence-corrected chi connectivity index (χ2v) is 5.41. The monoisotopic (exact) mass is 247 g/mol. The fraction of sp³-hybridized carbons (Fsp3) is 0.500. The summed E-state index contributed by atoms with van der Waals surface area (Å²) in [5.41, 5.74) is 2.71. The Hall–Kier alpha value is -1.15. The lowest BCUT2D eigenvalue weighted by Crippen LogP contribution is -2.37. The Bertz CT molecular complexity index is 421. The molecule has 2 atom stereocenters. The highest BCUT2D eigenvalue weighted by molar-refractivity contribution is 5.20. The van der Waals surface area contributed by atoms with Crippen LogP contribution in [0.5, 0.6) is 0 Å². The highest BCUT2D eigenvalue weighted by Gasteiger charge is 2.24. The predicted octanol–water partition coefficient (Wildman–Crippen LogP) is 4.17. The molecule has 0 aromatic heterocycles. The van der Waals surface area contributed by atoms with Gasteiger partial charge in [-0.3, -0.25) is 4.90 Å². The number of hydrogen-bond donors (Lipinski definition) is 0. The summed E-state index contributed by atoms with van der Waals surface area (Å²) in [5.74, 6) is 0.542. The van der Waals surface area contributed by atoms with Crippen LogP contribution in [0.3, 0.4) is 0 Å². The molecule has 0 bridgehead atoms. The van der Waals surface area contributed by atoms with E-state index in [1.54, 1.807) is 12.1 Å². The molecule has 0 N–H and O–H groups in total. The normalized spacial score (nSPS) is 25.3. The highest BCUT2D eigenvalue weighted by atomic mass is 19.1. The number of nitrogens with zero attached hydrogens (tertiary/aromatic N) is 1. The molecule has 1 aliphatic rings. The van der Waals surface area contributed by atoms with E-state index in [0.717, 1.165) is 13.1 Å². The van der Waals surface area contributed by atoms with E-state index in [4.69, 9.17) is 0 Å². The number of halogens is 1. The molecule has 2 heteroatoms. The maximum absolute atomic E-state index is 12.9. The molecule has 0 spiro atoms. The van der Waals surface area contributed by atoms with Gasteiger partial charge in [0.1, 0.15) is 5.82 Å². The summed E-state index contributed by atoms with van der Waals surface area (Å²) >= 11 is 0. The molecule has 0 saturated carbocycles. The minimum Gasteiger partial charge on any atom is -0.292 e. The first-order valence-electron chi connectivity index (χ1n) is 6.73. The lowest BCUT2D eigenvalue weighted by Gasteiger charge is -2.37. The molecule has 1 saturated heterocycles. The Morgan fingerprint density at radius 1 is 1.33 bits per heavy atom. The van der Waals surface area contributed by atoms with Gasteiger partial charge >= 0.3 is 0 Å². The first-order chi connectivity index (χ1) is 8.60. The van der Waals surface area contributed by atoms with Gasteiger partial charge in [0.15, 0.2) is 0 Å². The van der Waals surface area contributed by atoms with Crippen molar-refractivity contribution in [2.75, 3.05) is 13.1 Å². The smallest absolute Gasteiger partial charge is 0.123 e. The van der Waals surface area contributed by atoms with E-state index in [1.807, 2.05) is 12.1 Å². The molecule has 98 valence electrons. The van der Waals surface area contributed by atoms with Gasteiger partial charge in [-0.15, -0.1) is 0 Å². The van der Waals surface area contributed by atoms with Crippen molar-refractivity contribution in [1.29, 1.82) is 0 Å². The van der Waals surface area contributed by atoms with Gasteiger partial charge in [-0.05, 0) is 43.9 Å². The van der Waals surface area contributed by atoms with E-state index in [-0.39, 0.29) is 5.82 Å². The standard InChI is InChI=1S/C16H22FN/c1-4-14-9-12(2)10-18(11-14)13(3)15-5-7-16(17)8-6-15/h4-8,12-13H,9-11H2,1-3H3/t12-,13+/m1/s1. The van der Waals surface area contributed by atoms with Crippen LogP contribution in [-0.2, 0) is 0 Å². The van der Waals surface area contributed by atoms with Crippen molar-refractivity contribution in [2.45, 2.75) is 33.2 Å². The van der Waals surface area contributed by atoms with Crippen LogP contribution in [0.1, 0.15) is 38.8 Å². The average molecular weight is 247 g/mol. The van der Waals surface area contributed by atoms with Crippen LogP contribution >= 0.6 is 0 Å². The van der Waals surface area contributed by atoms with E-state index < -0.39 is 0 Å². The van der Waals surface area contributed by atoms with Crippen LogP contribution in [-0.4, -0.2) is 18.0 Å². The minimum atomic E-state index is -0.160. The van der Waals surface area contributed by atoms with Crippen LogP contribution in [0, 0.1) is 11.7 Å². The average Bonchev–Trinajstić information content (AvgIpc) is 2.38. The molecule has 0 aliphatic carbocycles. The van der Waals surface area contributed by atoms with Gasteiger partial charge in [0.05, 0.1) is 0 Å². The first kappa shape index (κ1) is 13.3. The summed E-state index contributed by atoms with van der Waals surface area (Å²) in [6.07, 6.45) is 3.45. The Morgan fingerprint density at radius 2 is 2.00 bits per heavy atom. The van der Waals surface area contributed by atoms with Gasteiger partial charge in [0.25, 0.3) is 0 Å². The fourth-order valence-corrected chi connectivity index (χ4v) is 2.76. The predicted molar refractivity (Wildman–Crippen MR) is 73.9 cm³/mol. The van der Waals surface area contributed by atoms with E-state index >= 15 is 0 Å². The maximum atomic E-state index is 12.9. The number of benzene rings is 1. The van der Waals surface area contributed by atoms with Crippen molar-refractivity contribution in [3.63, 3.8) is 0 Å². The van der Waals surface area contributed by atoms with Gasteiger partial charge in [-0.1, -0.05) is 30.7 Å². The molecule has 0 amide bonds. The molecule has 1 aromatic rings. The van der Waals surface area contributed by atoms with Crippen LogP contribution in [0.4, 0.5) is 4.39 Å². The van der Waals surface area contributed by atoms with Crippen molar-refractivity contribution >= 4 is 0 Å². The SMILES string of the molecule is CC=C1C[C@@H](C)CN([C@@H](C)c2ccc(F)cc2)C1.